The summed E-state index contributed by atoms with van der Waals surface area (Å²) in [7, 11) is -1.21. The first-order valence-electron chi connectivity index (χ1n) is 2.81. The van der Waals surface area contributed by atoms with Crippen LogP contribution in [-0.4, -0.2) is 19.9 Å². The number of hydrogen-bond donors (Lipinski definition) is 2. The summed E-state index contributed by atoms with van der Waals surface area (Å²) in [5.74, 6) is 5.30. The summed E-state index contributed by atoms with van der Waals surface area (Å²) in [6.07, 6.45) is 1.52. The van der Waals surface area contributed by atoms with Gasteiger partial charge in [0.15, 0.2) is 5.04 Å². The van der Waals surface area contributed by atoms with Crippen molar-refractivity contribution < 1.29 is 4.21 Å². The molecule has 0 saturated carbocycles. The molecule has 6 nitrogen and oxygen atoms in total. The number of nitrogens with zero attached hydrogens (tertiary/aromatic N) is 3. The third-order valence-corrected chi connectivity index (χ3v) is 2.20. The van der Waals surface area contributed by atoms with Crippen molar-refractivity contribution in [2.24, 2.45) is 15.9 Å². The molecule has 0 bridgehead atoms. The molecule has 0 aromatic heterocycles. The number of fused-ring (bicyclic) bond motifs is 1. The van der Waals surface area contributed by atoms with E-state index in [2.05, 4.69) is 15.6 Å². The molecule has 0 fully saturated rings. The Labute approximate surface area is 64.9 Å². The van der Waals surface area contributed by atoms with Gasteiger partial charge in [0.25, 0.3) is 0 Å². The maximum atomic E-state index is 11.0. The van der Waals surface area contributed by atoms with E-state index < -0.39 is 10.8 Å². The monoisotopic (exact) mass is 171 g/mol. The summed E-state index contributed by atoms with van der Waals surface area (Å²) < 4.78 is 11.0. The molecule has 0 aromatic carbocycles. The largest absolute Gasteiger partial charge is 0.246 e. The van der Waals surface area contributed by atoms with Gasteiger partial charge in [0.2, 0.25) is 0 Å². The van der Waals surface area contributed by atoms with Crippen molar-refractivity contribution >= 4 is 21.4 Å². The van der Waals surface area contributed by atoms with E-state index in [-0.39, 0.29) is 0 Å². The average Bonchev–Trinajstić information content (AvgIpc) is 2.32. The normalized spacial score (nSPS) is 27.4. The highest BCUT2D eigenvalue weighted by atomic mass is 32.2. The molecule has 2 rings (SSSR count). The third-order valence-electron chi connectivity index (χ3n) is 1.23. The zero-order valence-electron chi connectivity index (χ0n) is 5.39. The van der Waals surface area contributed by atoms with E-state index >= 15 is 0 Å². The molecule has 0 spiro atoms. The van der Waals surface area contributed by atoms with Crippen molar-refractivity contribution in [1.82, 2.24) is 10.7 Å². The SMILES string of the molecule is NN1C=C2N=CS(=O)C2=NN1. The zero-order valence-corrected chi connectivity index (χ0v) is 6.21. The molecule has 2 aliphatic rings. The number of hydrazine groups is 2. The highest BCUT2D eigenvalue weighted by Gasteiger charge is 2.22. The van der Waals surface area contributed by atoms with Gasteiger partial charge in [0.1, 0.15) is 16.5 Å². The van der Waals surface area contributed by atoms with Crippen LogP contribution in [0.3, 0.4) is 0 Å². The standard InChI is InChI=1S/C4H5N5OS/c5-9-1-3-4(7-8-9)11(10)2-6-3/h1-2,8H,5H2. The van der Waals surface area contributed by atoms with E-state index in [1.807, 2.05) is 0 Å². The number of nitrogens with one attached hydrogen (secondary N) is 1. The Hall–Kier alpha value is -1.21. The first kappa shape index (κ1) is 6.50. The van der Waals surface area contributed by atoms with Gasteiger partial charge in [-0.2, -0.15) is 0 Å². The van der Waals surface area contributed by atoms with Crippen molar-refractivity contribution in [3.8, 4) is 0 Å². The summed E-state index contributed by atoms with van der Waals surface area (Å²) in [5.41, 5.74) is 4.30. The lowest BCUT2D eigenvalue weighted by molar-refractivity contribution is 0.281. The van der Waals surface area contributed by atoms with Gasteiger partial charge in [-0.15, -0.1) is 5.10 Å². The molecule has 3 N–H and O–H groups in total. The quantitative estimate of drug-likeness (QED) is 0.440. The van der Waals surface area contributed by atoms with Crippen LogP contribution in [-0.2, 0) is 10.8 Å². The van der Waals surface area contributed by atoms with E-state index in [1.165, 1.54) is 11.7 Å². The number of nitrogens with two attached hydrogens (primary N) is 1. The Bertz CT molecular complexity index is 306. The molecule has 2 heterocycles. The van der Waals surface area contributed by atoms with E-state index in [0.29, 0.717) is 10.7 Å². The molecule has 1 unspecified atom stereocenters. The van der Waals surface area contributed by atoms with Crippen molar-refractivity contribution in [3.63, 3.8) is 0 Å². The van der Waals surface area contributed by atoms with Gasteiger partial charge in [-0.25, -0.2) is 25.7 Å². The highest BCUT2D eigenvalue weighted by molar-refractivity contribution is 8.13. The lowest BCUT2D eigenvalue weighted by Gasteiger charge is -2.16. The molecule has 11 heavy (non-hydrogen) atoms. The van der Waals surface area contributed by atoms with Crippen LogP contribution in [0.4, 0.5) is 0 Å². The summed E-state index contributed by atoms with van der Waals surface area (Å²) in [6, 6.07) is 0. The Morgan fingerprint density at radius 1 is 1.73 bits per heavy atom. The first-order valence-corrected chi connectivity index (χ1v) is 4.03. The van der Waals surface area contributed by atoms with E-state index in [4.69, 9.17) is 5.84 Å². The van der Waals surface area contributed by atoms with Crippen LogP contribution < -0.4 is 11.4 Å². The van der Waals surface area contributed by atoms with Crippen LogP contribution in [0, 0.1) is 0 Å². The van der Waals surface area contributed by atoms with Gasteiger partial charge in [-0.3, -0.25) is 0 Å². The molecule has 2 aliphatic heterocycles. The van der Waals surface area contributed by atoms with Crippen LogP contribution in [0.15, 0.2) is 22.0 Å². The minimum Gasteiger partial charge on any atom is -0.246 e. The van der Waals surface area contributed by atoms with E-state index in [9.17, 15) is 4.21 Å². The molecule has 0 saturated heterocycles. The molecule has 0 radical (unpaired) electrons. The molecule has 0 amide bonds. The fourth-order valence-corrected chi connectivity index (χ4v) is 1.52. The second-order valence-corrected chi connectivity index (χ2v) is 3.16. The van der Waals surface area contributed by atoms with Crippen LogP contribution in [0.2, 0.25) is 0 Å². The fourth-order valence-electron chi connectivity index (χ4n) is 0.767. The zero-order chi connectivity index (χ0) is 7.84. The number of rotatable bonds is 0. The predicted molar refractivity (Wildman–Crippen MR) is 41.3 cm³/mol. The summed E-state index contributed by atoms with van der Waals surface area (Å²) in [6.45, 7) is 0. The van der Waals surface area contributed by atoms with Gasteiger partial charge < -0.3 is 0 Å². The van der Waals surface area contributed by atoms with Gasteiger partial charge in [0, 0.05) is 0 Å². The lowest BCUT2D eigenvalue weighted by atomic mass is 10.5. The number of aliphatic imine (C=N–C) groups is 1. The van der Waals surface area contributed by atoms with Crippen molar-refractivity contribution in [2.45, 2.75) is 0 Å². The van der Waals surface area contributed by atoms with Crippen LogP contribution in [0.1, 0.15) is 0 Å². The van der Waals surface area contributed by atoms with Gasteiger partial charge in [0.05, 0.1) is 11.7 Å². The molecule has 0 aliphatic carbocycles. The van der Waals surface area contributed by atoms with Gasteiger partial charge in [-0.05, 0) is 0 Å². The maximum Gasteiger partial charge on any atom is 0.182 e. The second-order valence-electron chi connectivity index (χ2n) is 1.97. The first-order chi connectivity index (χ1) is 5.27. The summed E-state index contributed by atoms with van der Waals surface area (Å²) in [5, 5.41) is 5.30. The Kier molecular flexibility index (Phi) is 1.26. The van der Waals surface area contributed by atoms with E-state index in [0.717, 1.165) is 5.12 Å². The smallest absolute Gasteiger partial charge is 0.182 e. The van der Waals surface area contributed by atoms with Crippen molar-refractivity contribution in [3.05, 3.63) is 11.9 Å². The van der Waals surface area contributed by atoms with Crippen molar-refractivity contribution in [2.75, 3.05) is 0 Å². The lowest BCUT2D eigenvalue weighted by Crippen LogP contribution is -2.39. The fraction of sp³-hybridized carbons (Fsp3) is 0. The average molecular weight is 171 g/mol. The highest BCUT2D eigenvalue weighted by Crippen LogP contribution is 2.12. The molecular weight excluding hydrogens is 166 g/mol. The van der Waals surface area contributed by atoms with Crippen molar-refractivity contribution in [1.29, 1.82) is 0 Å². The Morgan fingerprint density at radius 2 is 2.55 bits per heavy atom. The van der Waals surface area contributed by atoms with Crippen LogP contribution in [0.25, 0.3) is 0 Å². The molecule has 7 heteroatoms. The maximum absolute atomic E-state index is 11.0. The minimum atomic E-state index is -1.21. The minimum absolute atomic E-state index is 0.423. The van der Waals surface area contributed by atoms with Gasteiger partial charge >= 0.3 is 0 Å². The topological polar surface area (TPSA) is 83.1 Å². The number of hydrogen-bond acceptors (Lipinski definition) is 6. The second kappa shape index (κ2) is 2.14. The molecule has 58 valence electrons. The number of hydrazone groups is 1. The summed E-state index contributed by atoms with van der Waals surface area (Å²) in [4.78, 5) is 3.83. The Morgan fingerprint density at radius 3 is 3.36 bits per heavy atom. The summed E-state index contributed by atoms with van der Waals surface area (Å²) >= 11 is 0. The predicted octanol–water partition coefficient (Wildman–Crippen LogP) is -1.37. The van der Waals surface area contributed by atoms with Gasteiger partial charge in [-0.1, -0.05) is 0 Å². The molecule has 1 atom stereocenters. The Balaban J connectivity index is 2.42. The third kappa shape index (κ3) is 0.938. The molecule has 0 aromatic rings. The van der Waals surface area contributed by atoms with Crippen LogP contribution in [0.5, 0.6) is 0 Å². The molecular formula is C4H5N5OS. The van der Waals surface area contributed by atoms with Crippen LogP contribution >= 0.6 is 0 Å². The van der Waals surface area contributed by atoms with E-state index in [1.54, 1.807) is 0 Å².